The maximum absolute atomic E-state index is 5.79. The number of rotatable bonds is 3. The van der Waals surface area contributed by atoms with Crippen molar-refractivity contribution < 1.29 is 0 Å². The van der Waals surface area contributed by atoms with Crippen molar-refractivity contribution in [3.05, 3.63) is 23.9 Å². The molecular weight excluding hydrogens is 158 g/mol. The summed E-state index contributed by atoms with van der Waals surface area (Å²) in [6.45, 7) is 8.12. The lowest BCUT2D eigenvalue weighted by atomic mass is 10.0. The van der Waals surface area contributed by atoms with Crippen LogP contribution in [-0.2, 0) is 0 Å². The van der Waals surface area contributed by atoms with Crippen molar-refractivity contribution in [3.8, 4) is 0 Å². The van der Waals surface area contributed by atoms with Gasteiger partial charge in [0, 0.05) is 5.70 Å². The Labute approximate surface area is 81.7 Å². The molecule has 0 radical (unpaired) electrons. The Morgan fingerprint density at radius 3 is 2.69 bits per heavy atom. The molecule has 0 heterocycles. The molecule has 1 rings (SSSR count). The highest BCUT2D eigenvalue weighted by Crippen LogP contribution is 2.32. The molecule has 2 N–H and O–H groups in total. The van der Waals surface area contributed by atoms with E-state index in [9.17, 15) is 0 Å². The molecule has 0 aromatic carbocycles. The normalized spacial score (nSPS) is 29.2. The Bertz CT molecular complexity index is 215. The van der Waals surface area contributed by atoms with E-state index in [1.54, 1.807) is 0 Å². The van der Waals surface area contributed by atoms with Crippen LogP contribution in [0.25, 0.3) is 0 Å². The molecule has 2 atom stereocenters. The fourth-order valence-electron chi connectivity index (χ4n) is 2.01. The molecule has 0 saturated heterocycles. The number of hydrogen-bond acceptors (Lipinski definition) is 1. The minimum Gasteiger partial charge on any atom is -0.399 e. The maximum atomic E-state index is 5.79. The molecule has 74 valence electrons. The van der Waals surface area contributed by atoms with E-state index in [0.29, 0.717) is 0 Å². The fourth-order valence-corrected chi connectivity index (χ4v) is 2.01. The van der Waals surface area contributed by atoms with Gasteiger partial charge in [0.05, 0.1) is 0 Å². The second-order valence-corrected chi connectivity index (χ2v) is 4.46. The standard InChI is InChI=1S/C12H21N/c1-9(2)12(13)7-6-11-5-4-10(3)8-11/h7,10-11H,1,4-6,8,13H2,2-3H3/b12-7+. The Morgan fingerprint density at radius 1 is 1.54 bits per heavy atom. The number of hydrogen-bond donors (Lipinski definition) is 1. The SMILES string of the molecule is C=C(C)/C(N)=C\CC1CCC(C)C1. The van der Waals surface area contributed by atoms with Crippen molar-refractivity contribution in [2.75, 3.05) is 0 Å². The molecule has 0 spiro atoms. The highest BCUT2D eigenvalue weighted by Gasteiger charge is 2.19. The zero-order chi connectivity index (χ0) is 9.84. The van der Waals surface area contributed by atoms with Crippen LogP contribution in [0.15, 0.2) is 23.9 Å². The topological polar surface area (TPSA) is 26.0 Å². The van der Waals surface area contributed by atoms with Gasteiger partial charge in [-0.15, -0.1) is 0 Å². The Morgan fingerprint density at radius 2 is 2.23 bits per heavy atom. The summed E-state index contributed by atoms with van der Waals surface area (Å²) in [7, 11) is 0. The fraction of sp³-hybridized carbons (Fsp3) is 0.667. The highest BCUT2D eigenvalue weighted by atomic mass is 14.6. The summed E-state index contributed by atoms with van der Waals surface area (Å²) in [5, 5.41) is 0. The first-order chi connectivity index (χ1) is 6.09. The number of allylic oxidation sites excluding steroid dienone is 2. The summed E-state index contributed by atoms with van der Waals surface area (Å²) in [6.07, 6.45) is 7.43. The summed E-state index contributed by atoms with van der Waals surface area (Å²) in [4.78, 5) is 0. The van der Waals surface area contributed by atoms with Crippen molar-refractivity contribution in [1.29, 1.82) is 0 Å². The highest BCUT2D eigenvalue weighted by molar-refractivity contribution is 5.22. The minimum absolute atomic E-state index is 0.868. The first-order valence-electron chi connectivity index (χ1n) is 5.21. The van der Waals surface area contributed by atoms with E-state index in [4.69, 9.17) is 5.73 Å². The quantitative estimate of drug-likeness (QED) is 0.661. The lowest BCUT2D eigenvalue weighted by Gasteiger charge is -2.06. The Hall–Kier alpha value is -0.720. The van der Waals surface area contributed by atoms with E-state index in [-0.39, 0.29) is 0 Å². The summed E-state index contributed by atoms with van der Waals surface area (Å²) >= 11 is 0. The zero-order valence-corrected chi connectivity index (χ0v) is 8.84. The van der Waals surface area contributed by atoms with Gasteiger partial charge >= 0.3 is 0 Å². The molecule has 0 bridgehead atoms. The Kier molecular flexibility index (Phi) is 3.58. The lowest BCUT2D eigenvalue weighted by molar-refractivity contribution is 0.520. The molecule has 1 saturated carbocycles. The number of nitrogens with two attached hydrogens (primary N) is 1. The first-order valence-corrected chi connectivity index (χ1v) is 5.21. The van der Waals surface area contributed by atoms with Crippen molar-refractivity contribution in [2.24, 2.45) is 17.6 Å². The van der Waals surface area contributed by atoms with Crippen LogP contribution in [0.5, 0.6) is 0 Å². The second kappa shape index (κ2) is 4.50. The largest absolute Gasteiger partial charge is 0.399 e. The monoisotopic (exact) mass is 179 g/mol. The van der Waals surface area contributed by atoms with Crippen molar-refractivity contribution >= 4 is 0 Å². The third kappa shape index (κ3) is 3.25. The molecular formula is C12H21N. The molecule has 2 unspecified atom stereocenters. The van der Waals surface area contributed by atoms with Crippen LogP contribution < -0.4 is 5.73 Å². The van der Waals surface area contributed by atoms with E-state index < -0.39 is 0 Å². The van der Waals surface area contributed by atoms with Gasteiger partial charge in [0.15, 0.2) is 0 Å². The van der Waals surface area contributed by atoms with E-state index in [1.807, 2.05) is 6.92 Å². The molecule has 1 fully saturated rings. The second-order valence-electron chi connectivity index (χ2n) is 4.46. The van der Waals surface area contributed by atoms with E-state index in [1.165, 1.54) is 19.3 Å². The predicted octanol–water partition coefficient (Wildman–Crippen LogP) is 3.23. The van der Waals surface area contributed by atoms with E-state index >= 15 is 0 Å². The molecule has 1 aliphatic carbocycles. The summed E-state index contributed by atoms with van der Waals surface area (Å²) in [6, 6.07) is 0. The van der Waals surface area contributed by atoms with Gasteiger partial charge in [0.25, 0.3) is 0 Å². The molecule has 0 aromatic rings. The predicted molar refractivity (Wildman–Crippen MR) is 58.2 cm³/mol. The van der Waals surface area contributed by atoms with Gasteiger partial charge in [-0.25, -0.2) is 0 Å². The van der Waals surface area contributed by atoms with Gasteiger partial charge in [-0.2, -0.15) is 0 Å². The van der Waals surface area contributed by atoms with Crippen LogP contribution in [0.3, 0.4) is 0 Å². The average Bonchev–Trinajstić information content (AvgIpc) is 2.47. The van der Waals surface area contributed by atoms with Crippen molar-refractivity contribution in [3.63, 3.8) is 0 Å². The van der Waals surface area contributed by atoms with Crippen LogP contribution in [0.1, 0.15) is 39.5 Å². The molecule has 13 heavy (non-hydrogen) atoms. The van der Waals surface area contributed by atoms with Gasteiger partial charge in [0.2, 0.25) is 0 Å². The van der Waals surface area contributed by atoms with Crippen LogP contribution in [-0.4, -0.2) is 0 Å². The van der Waals surface area contributed by atoms with Crippen molar-refractivity contribution in [2.45, 2.75) is 39.5 Å². The van der Waals surface area contributed by atoms with Gasteiger partial charge < -0.3 is 5.73 Å². The molecule has 1 nitrogen and oxygen atoms in total. The molecule has 0 amide bonds. The lowest BCUT2D eigenvalue weighted by Crippen LogP contribution is -2.00. The zero-order valence-electron chi connectivity index (χ0n) is 8.84. The molecule has 1 heteroatoms. The third-order valence-electron chi connectivity index (χ3n) is 2.97. The van der Waals surface area contributed by atoms with Crippen LogP contribution in [0.2, 0.25) is 0 Å². The maximum Gasteiger partial charge on any atom is 0.0297 e. The summed E-state index contributed by atoms with van der Waals surface area (Å²) in [5.74, 6) is 1.79. The molecule has 1 aliphatic rings. The minimum atomic E-state index is 0.868. The van der Waals surface area contributed by atoms with Gasteiger partial charge in [-0.05, 0) is 43.6 Å². The first kappa shape index (κ1) is 10.4. The van der Waals surface area contributed by atoms with E-state index in [0.717, 1.165) is 29.5 Å². The Balaban J connectivity index is 2.34. The van der Waals surface area contributed by atoms with Crippen LogP contribution in [0, 0.1) is 11.8 Å². The molecule has 0 aromatic heterocycles. The average molecular weight is 179 g/mol. The van der Waals surface area contributed by atoms with E-state index in [2.05, 4.69) is 19.6 Å². The van der Waals surface area contributed by atoms with Crippen LogP contribution >= 0.6 is 0 Å². The smallest absolute Gasteiger partial charge is 0.0297 e. The van der Waals surface area contributed by atoms with Crippen molar-refractivity contribution in [1.82, 2.24) is 0 Å². The summed E-state index contributed by atoms with van der Waals surface area (Å²) < 4.78 is 0. The molecule has 0 aliphatic heterocycles. The third-order valence-corrected chi connectivity index (χ3v) is 2.97. The van der Waals surface area contributed by atoms with Crippen LogP contribution in [0.4, 0.5) is 0 Å². The van der Waals surface area contributed by atoms with Gasteiger partial charge in [0.1, 0.15) is 0 Å². The van der Waals surface area contributed by atoms with Gasteiger partial charge in [-0.3, -0.25) is 0 Å². The summed E-state index contributed by atoms with van der Waals surface area (Å²) in [5.41, 5.74) is 7.66. The van der Waals surface area contributed by atoms with Gasteiger partial charge in [-0.1, -0.05) is 26.0 Å².